The van der Waals surface area contributed by atoms with Crippen LogP contribution in [0.15, 0.2) is 12.1 Å². The van der Waals surface area contributed by atoms with Gasteiger partial charge in [-0.25, -0.2) is 0 Å². The Balaban J connectivity index is 2.16. The number of esters is 1. The van der Waals surface area contributed by atoms with Crippen molar-refractivity contribution in [1.29, 1.82) is 0 Å². The van der Waals surface area contributed by atoms with Crippen LogP contribution in [0.2, 0.25) is 5.02 Å². The third-order valence-corrected chi connectivity index (χ3v) is 3.78. The molecule has 0 saturated heterocycles. The molecule has 1 aliphatic rings. The minimum atomic E-state index is -0.203. The van der Waals surface area contributed by atoms with Crippen LogP contribution in [-0.4, -0.2) is 36.7 Å². The number of carbonyl (C=O) groups excluding carboxylic acids is 1. The lowest BCUT2D eigenvalue weighted by atomic mass is 10.1. The standard InChI is InChI=1S/C16H22ClNO3/c1-4-20-15(19)10-18(11(2)3)9-13-8-14(17)7-12-5-6-21-16(12)13/h7-8,11H,4-6,9-10H2,1-3H3. The van der Waals surface area contributed by atoms with Crippen LogP contribution in [0.25, 0.3) is 0 Å². The zero-order valence-electron chi connectivity index (χ0n) is 12.8. The summed E-state index contributed by atoms with van der Waals surface area (Å²) >= 11 is 6.18. The van der Waals surface area contributed by atoms with Gasteiger partial charge in [0, 0.05) is 29.6 Å². The van der Waals surface area contributed by atoms with Crippen LogP contribution in [0.1, 0.15) is 31.9 Å². The zero-order chi connectivity index (χ0) is 15.4. The van der Waals surface area contributed by atoms with Gasteiger partial charge in [0.05, 0.1) is 19.8 Å². The molecule has 0 bridgehead atoms. The molecular formula is C16H22ClNO3. The molecule has 2 rings (SSSR count). The number of fused-ring (bicyclic) bond motifs is 1. The Hall–Kier alpha value is -1.26. The third-order valence-electron chi connectivity index (χ3n) is 3.57. The Morgan fingerprint density at radius 3 is 2.90 bits per heavy atom. The number of carbonyl (C=O) groups is 1. The molecule has 5 heteroatoms. The number of benzene rings is 1. The van der Waals surface area contributed by atoms with Crippen LogP contribution in [0.3, 0.4) is 0 Å². The highest BCUT2D eigenvalue weighted by Gasteiger charge is 2.22. The van der Waals surface area contributed by atoms with Gasteiger partial charge in [-0.05, 0) is 38.5 Å². The molecule has 21 heavy (non-hydrogen) atoms. The van der Waals surface area contributed by atoms with E-state index in [1.807, 2.05) is 19.1 Å². The molecule has 4 nitrogen and oxygen atoms in total. The summed E-state index contributed by atoms with van der Waals surface area (Å²) in [7, 11) is 0. The highest BCUT2D eigenvalue weighted by molar-refractivity contribution is 6.30. The zero-order valence-corrected chi connectivity index (χ0v) is 13.6. The average molecular weight is 312 g/mol. The van der Waals surface area contributed by atoms with E-state index in [9.17, 15) is 4.79 Å². The van der Waals surface area contributed by atoms with Gasteiger partial charge in [0.2, 0.25) is 0 Å². The maximum Gasteiger partial charge on any atom is 0.320 e. The van der Waals surface area contributed by atoms with Gasteiger partial charge in [-0.3, -0.25) is 9.69 Å². The fourth-order valence-electron chi connectivity index (χ4n) is 2.48. The van der Waals surface area contributed by atoms with Crippen molar-refractivity contribution in [2.45, 2.75) is 39.8 Å². The third kappa shape index (κ3) is 4.11. The lowest BCUT2D eigenvalue weighted by Crippen LogP contribution is -2.36. The minimum absolute atomic E-state index is 0.203. The lowest BCUT2D eigenvalue weighted by molar-refractivity contribution is -0.145. The molecule has 1 aliphatic heterocycles. The fraction of sp³-hybridized carbons (Fsp3) is 0.562. The first kappa shape index (κ1) is 16.1. The number of rotatable bonds is 6. The largest absolute Gasteiger partial charge is 0.493 e. The molecule has 116 valence electrons. The molecule has 0 atom stereocenters. The Labute approximate surface area is 131 Å². The maximum atomic E-state index is 11.7. The lowest BCUT2D eigenvalue weighted by Gasteiger charge is -2.26. The summed E-state index contributed by atoms with van der Waals surface area (Å²) in [5.74, 6) is 0.722. The smallest absolute Gasteiger partial charge is 0.320 e. The average Bonchev–Trinajstić information content (AvgIpc) is 2.86. The van der Waals surface area contributed by atoms with Crippen LogP contribution in [0.4, 0.5) is 0 Å². The summed E-state index contributed by atoms with van der Waals surface area (Å²) in [6.45, 7) is 7.93. The Bertz CT molecular complexity index is 516. The van der Waals surface area contributed by atoms with E-state index in [2.05, 4.69) is 18.7 Å². The Morgan fingerprint density at radius 1 is 1.48 bits per heavy atom. The highest BCUT2D eigenvalue weighted by Crippen LogP contribution is 2.33. The molecule has 0 spiro atoms. The minimum Gasteiger partial charge on any atom is -0.493 e. The van der Waals surface area contributed by atoms with Gasteiger partial charge in [-0.2, -0.15) is 0 Å². The van der Waals surface area contributed by atoms with E-state index in [1.165, 1.54) is 0 Å². The summed E-state index contributed by atoms with van der Waals surface area (Å²) < 4.78 is 10.8. The van der Waals surface area contributed by atoms with Gasteiger partial charge in [0.25, 0.3) is 0 Å². The number of halogens is 1. The van der Waals surface area contributed by atoms with Crippen molar-refractivity contribution < 1.29 is 14.3 Å². The van der Waals surface area contributed by atoms with Gasteiger partial charge in [-0.15, -0.1) is 0 Å². The van der Waals surface area contributed by atoms with Crippen LogP contribution in [0.5, 0.6) is 5.75 Å². The Morgan fingerprint density at radius 2 is 2.24 bits per heavy atom. The molecular weight excluding hydrogens is 290 g/mol. The molecule has 0 aliphatic carbocycles. The van der Waals surface area contributed by atoms with E-state index >= 15 is 0 Å². The summed E-state index contributed by atoms with van der Waals surface area (Å²) in [5.41, 5.74) is 2.19. The molecule has 1 aromatic rings. The second kappa shape index (κ2) is 7.14. The van der Waals surface area contributed by atoms with Crippen molar-refractivity contribution in [3.63, 3.8) is 0 Å². The summed E-state index contributed by atoms with van der Waals surface area (Å²) in [4.78, 5) is 13.8. The first-order valence-corrected chi connectivity index (χ1v) is 7.72. The highest BCUT2D eigenvalue weighted by atomic mass is 35.5. The monoisotopic (exact) mass is 311 g/mol. The van der Waals surface area contributed by atoms with E-state index in [4.69, 9.17) is 21.1 Å². The van der Waals surface area contributed by atoms with Gasteiger partial charge in [0.1, 0.15) is 5.75 Å². The van der Waals surface area contributed by atoms with Gasteiger partial charge < -0.3 is 9.47 Å². The molecule has 0 saturated carbocycles. The fourth-order valence-corrected chi connectivity index (χ4v) is 2.74. The molecule has 1 aromatic carbocycles. The van der Waals surface area contributed by atoms with E-state index in [0.29, 0.717) is 24.8 Å². The quantitative estimate of drug-likeness (QED) is 0.757. The predicted molar refractivity (Wildman–Crippen MR) is 82.8 cm³/mol. The maximum absolute atomic E-state index is 11.7. The van der Waals surface area contributed by atoms with E-state index in [1.54, 1.807) is 0 Å². The topological polar surface area (TPSA) is 38.8 Å². The number of hydrogen-bond donors (Lipinski definition) is 0. The second-order valence-corrected chi connectivity index (χ2v) is 5.89. The van der Waals surface area contributed by atoms with E-state index in [-0.39, 0.29) is 18.6 Å². The molecule has 0 unspecified atom stereocenters. The molecule has 0 aromatic heterocycles. The summed E-state index contributed by atoms with van der Waals surface area (Å²) in [6.07, 6.45) is 0.891. The number of nitrogens with zero attached hydrogens (tertiary/aromatic N) is 1. The number of ether oxygens (including phenoxy) is 2. The van der Waals surface area contributed by atoms with E-state index in [0.717, 1.165) is 23.3 Å². The van der Waals surface area contributed by atoms with Crippen LogP contribution < -0.4 is 4.74 Å². The van der Waals surface area contributed by atoms with Crippen LogP contribution in [0, 0.1) is 0 Å². The van der Waals surface area contributed by atoms with Crippen molar-refractivity contribution in [3.05, 3.63) is 28.3 Å². The molecule has 0 radical (unpaired) electrons. The van der Waals surface area contributed by atoms with Crippen molar-refractivity contribution in [2.24, 2.45) is 0 Å². The second-order valence-electron chi connectivity index (χ2n) is 5.46. The summed E-state index contributed by atoms with van der Waals surface area (Å²) in [5, 5.41) is 0.717. The molecule has 1 heterocycles. The van der Waals surface area contributed by atoms with Crippen molar-refractivity contribution in [1.82, 2.24) is 4.90 Å². The number of hydrogen-bond acceptors (Lipinski definition) is 4. The molecule has 0 amide bonds. The van der Waals surface area contributed by atoms with Crippen LogP contribution in [-0.2, 0) is 22.5 Å². The van der Waals surface area contributed by atoms with Crippen molar-refractivity contribution >= 4 is 17.6 Å². The molecule has 0 N–H and O–H groups in total. The van der Waals surface area contributed by atoms with Crippen molar-refractivity contribution in [2.75, 3.05) is 19.8 Å². The van der Waals surface area contributed by atoms with Gasteiger partial charge >= 0.3 is 5.97 Å². The summed E-state index contributed by atoms with van der Waals surface area (Å²) in [6, 6.07) is 4.11. The Kier molecular flexibility index (Phi) is 5.48. The normalized spacial score (nSPS) is 13.4. The van der Waals surface area contributed by atoms with Crippen molar-refractivity contribution in [3.8, 4) is 5.75 Å². The molecule has 0 fully saturated rings. The SMILES string of the molecule is CCOC(=O)CN(Cc1cc(Cl)cc2c1OCC2)C(C)C. The van der Waals surface area contributed by atoms with E-state index < -0.39 is 0 Å². The van der Waals surface area contributed by atoms with Crippen LogP contribution >= 0.6 is 11.6 Å². The first-order valence-electron chi connectivity index (χ1n) is 7.35. The predicted octanol–water partition coefficient (Wildman–Crippen LogP) is 3.05. The van der Waals surface area contributed by atoms with Gasteiger partial charge in [-0.1, -0.05) is 11.6 Å². The van der Waals surface area contributed by atoms with Gasteiger partial charge in [0.15, 0.2) is 0 Å². The first-order chi connectivity index (χ1) is 10.0.